The number of hydrogen-bond acceptors (Lipinski definition) is 4. The molecule has 1 aromatic carbocycles. The van der Waals surface area contributed by atoms with Gasteiger partial charge in [0.2, 0.25) is 0 Å². The van der Waals surface area contributed by atoms with Crippen molar-refractivity contribution in [2.24, 2.45) is 5.92 Å². The number of carbonyl (C=O) groups is 3. The Morgan fingerprint density at radius 3 is 2.45 bits per heavy atom. The molecule has 2 atom stereocenters. The van der Waals surface area contributed by atoms with E-state index in [-0.39, 0.29) is 41.7 Å². The van der Waals surface area contributed by atoms with Crippen LogP contribution in [0.15, 0.2) is 41.2 Å². The van der Waals surface area contributed by atoms with E-state index in [1.54, 1.807) is 10.6 Å². The van der Waals surface area contributed by atoms with E-state index in [0.717, 1.165) is 6.42 Å². The van der Waals surface area contributed by atoms with E-state index < -0.39 is 23.6 Å². The van der Waals surface area contributed by atoms with Crippen LogP contribution in [0.4, 0.5) is 10.1 Å². The molecule has 2 bridgehead atoms. The Morgan fingerprint density at radius 1 is 1.03 bits per heavy atom. The van der Waals surface area contributed by atoms with Gasteiger partial charge in [0, 0.05) is 36.8 Å². The highest BCUT2D eigenvalue weighted by atomic mass is 19.1. The third-order valence-electron chi connectivity index (χ3n) is 5.43. The van der Waals surface area contributed by atoms with Crippen molar-refractivity contribution in [3.05, 3.63) is 63.8 Å². The third-order valence-corrected chi connectivity index (χ3v) is 5.43. The van der Waals surface area contributed by atoms with Crippen molar-refractivity contribution < 1.29 is 23.9 Å². The van der Waals surface area contributed by atoms with E-state index in [2.05, 4.69) is 5.32 Å². The molecule has 2 unspecified atom stereocenters. The Balaban J connectivity index is 1.58. The topological polar surface area (TPSA) is 109 Å². The second-order valence-electron chi connectivity index (χ2n) is 7.36. The minimum absolute atomic E-state index is 0.0368. The number of anilines is 1. The number of fused-ring (bicyclic) bond motifs is 4. The average molecular weight is 399 g/mol. The molecule has 8 nitrogen and oxygen atoms in total. The predicted octanol–water partition coefficient (Wildman–Crippen LogP) is 1.27. The number of pyridine rings is 1. The summed E-state index contributed by atoms with van der Waals surface area (Å²) in [6.07, 6.45) is 0.768. The molecule has 29 heavy (non-hydrogen) atoms. The van der Waals surface area contributed by atoms with Gasteiger partial charge in [-0.3, -0.25) is 14.4 Å². The number of nitrogens with zero attached hydrogens (tertiary/aromatic N) is 2. The van der Waals surface area contributed by atoms with Crippen LogP contribution in [0.25, 0.3) is 0 Å². The number of aromatic nitrogens is 1. The van der Waals surface area contributed by atoms with Crippen LogP contribution in [0.2, 0.25) is 0 Å². The number of hydrogen-bond donors (Lipinski definition) is 2. The Bertz CT molecular complexity index is 1060. The molecule has 0 radical (unpaired) electrons. The summed E-state index contributed by atoms with van der Waals surface area (Å²) >= 11 is 0. The Labute approximate surface area is 164 Å². The van der Waals surface area contributed by atoms with Crippen LogP contribution in [-0.4, -0.2) is 45.4 Å². The molecule has 1 aromatic heterocycles. The molecule has 0 saturated carbocycles. The van der Waals surface area contributed by atoms with E-state index in [1.807, 2.05) is 0 Å². The van der Waals surface area contributed by atoms with Gasteiger partial charge in [0.05, 0.1) is 0 Å². The second-order valence-corrected chi connectivity index (χ2v) is 7.36. The maximum Gasteiger partial charge on any atom is 0.394 e. The molecule has 2 aliphatic rings. The average Bonchev–Trinajstić information content (AvgIpc) is 2.70. The highest BCUT2D eigenvalue weighted by Crippen LogP contribution is 2.35. The molecule has 2 amide bonds. The van der Waals surface area contributed by atoms with Crippen LogP contribution in [0, 0.1) is 11.7 Å². The first kappa shape index (κ1) is 18.9. The number of carboxylic acids is 1. The fourth-order valence-corrected chi connectivity index (χ4v) is 4.14. The van der Waals surface area contributed by atoms with Crippen LogP contribution in [0.3, 0.4) is 0 Å². The lowest BCUT2D eigenvalue weighted by Gasteiger charge is -2.42. The normalized spacial score (nSPS) is 20.0. The smallest absolute Gasteiger partial charge is 0.394 e. The van der Waals surface area contributed by atoms with Crippen molar-refractivity contribution in [1.29, 1.82) is 0 Å². The molecule has 2 aromatic rings. The standard InChI is InChI=1S/C20H18FN3O5/c21-14-3-1-12(2-4-14)17(25)22-15-5-6-16-13-7-11(9-24(16)18(15)26)8-23(10-13)19(27)20(28)29/h1-6,11,13H,7-10H2,(H,22,25)(H,28,29). The molecular weight excluding hydrogens is 381 g/mol. The van der Waals surface area contributed by atoms with E-state index in [4.69, 9.17) is 5.11 Å². The van der Waals surface area contributed by atoms with Gasteiger partial charge in [0.1, 0.15) is 11.5 Å². The maximum atomic E-state index is 13.0. The van der Waals surface area contributed by atoms with Crippen LogP contribution in [0.1, 0.15) is 28.4 Å². The number of rotatable bonds is 2. The van der Waals surface area contributed by atoms with Gasteiger partial charge < -0.3 is 19.9 Å². The molecule has 3 heterocycles. The Morgan fingerprint density at radius 2 is 1.76 bits per heavy atom. The lowest BCUT2D eigenvalue weighted by molar-refractivity contribution is -0.157. The van der Waals surface area contributed by atoms with E-state index in [1.165, 1.54) is 35.2 Å². The van der Waals surface area contributed by atoms with Gasteiger partial charge in [0.15, 0.2) is 0 Å². The van der Waals surface area contributed by atoms with Crippen molar-refractivity contribution >= 4 is 23.5 Å². The largest absolute Gasteiger partial charge is 0.474 e. The zero-order chi connectivity index (χ0) is 20.7. The molecule has 0 spiro atoms. The summed E-state index contributed by atoms with van der Waals surface area (Å²) in [4.78, 5) is 49.4. The number of likely N-dealkylation sites (tertiary alicyclic amines) is 1. The van der Waals surface area contributed by atoms with Crippen molar-refractivity contribution in [2.45, 2.75) is 18.9 Å². The SMILES string of the molecule is O=C(O)C(=O)N1CC2CC(C1)c1ccc(NC(=O)c3ccc(F)cc3)c(=O)n1C2. The fourth-order valence-electron chi connectivity index (χ4n) is 4.14. The maximum absolute atomic E-state index is 13.0. The van der Waals surface area contributed by atoms with Crippen LogP contribution < -0.4 is 10.9 Å². The number of benzene rings is 1. The number of carbonyl (C=O) groups excluding carboxylic acids is 2. The summed E-state index contributed by atoms with van der Waals surface area (Å²) in [7, 11) is 0. The van der Waals surface area contributed by atoms with Gasteiger partial charge in [-0.2, -0.15) is 0 Å². The number of nitrogens with one attached hydrogen (secondary N) is 1. The van der Waals surface area contributed by atoms with Gasteiger partial charge in [-0.15, -0.1) is 0 Å². The van der Waals surface area contributed by atoms with Gasteiger partial charge in [-0.25, -0.2) is 9.18 Å². The Hall–Kier alpha value is -3.49. The first-order chi connectivity index (χ1) is 13.8. The zero-order valence-electron chi connectivity index (χ0n) is 15.3. The summed E-state index contributed by atoms with van der Waals surface area (Å²) in [5.74, 6) is -3.57. The number of amides is 2. The molecular formula is C20H18FN3O5. The molecule has 2 aliphatic heterocycles. The molecule has 0 aliphatic carbocycles. The molecule has 4 rings (SSSR count). The third kappa shape index (κ3) is 3.51. The first-order valence-electron chi connectivity index (χ1n) is 9.16. The number of piperidine rings is 1. The zero-order valence-corrected chi connectivity index (χ0v) is 15.3. The molecule has 2 N–H and O–H groups in total. The van der Waals surface area contributed by atoms with Crippen molar-refractivity contribution in [2.75, 3.05) is 18.4 Å². The van der Waals surface area contributed by atoms with Gasteiger partial charge in [0.25, 0.3) is 11.5 Å². The first-order valence-corrected chi connectivity index (χ1v) is 9.16. The summed E-state index contributed by atoms with van der Waals surface area (Å²) in [5, 5.41) is 11.5. The van der Waals surface area contributed by atoms with Crippen molar-refractivity contribution in [3.8, 4) is 0 Å². The van der Waals surface area contributed by atoms with Gasteiger partial charge >= 0.3 is 11.9 Å². The summed E-state index contributed by atoms with van der Waals surface area (Å²) in [6.45, 7) is 0.858. The number of halogens is 1. The number of aliphatic carboxylic acids is 1. The van der Waals surface area contributed by atoms with Crippen LogP contribution >= 0.6 is 0 Å². The summed E-state index contributed by atoms with van der Waals surface area (Å²) in [6, 6.07) is 8.23. The lowest BCUT2D eigenvalue weighted by Crippen LogP contribution is -2.51. The molecule has 1 fully saturated rings. The van der Waals surface area contributed by atoms with E-state index >= 15 is 0 Å². The van der Waals surface area contributed by atoms with Gasteiger partial charge in [-0.05, 0) is 48.7 Å². The van der Waals surface area contributed by atoms with Crippen LogP contribution in [-0.2, 0) is 16.1 Å². The fraction of sp³-hybridized carbons (Fsp3) is 0.300. The molecule has 9 heteroatoms. The van der Waals surface area contributed by atoms with Crippen molar-refractivity contribution in [3.63, 3.8) is 0 Å². The monoisotopic (exact) mass is 399 g/mol. The predicted molar refractivity (Wildman–Crippen MR) is 100 cm³/mol. The minimum atomic E-state index is -1.48. The van der Waals surface area contributed by atoms with E-state index in [0.29, 0.717) is 12.2 Å². The summed E-state index contributed by atoms with van der Waals surface area (Å²) in [5.41, 5.74) is 0.703. The molecule has 150 valence electrons. The Kier molecular flexibility index (Phi) is 4.65. The lowest BCUT2D eigenvalue weighted by atomic mass is 9.83. The van der Waals surface area contributed by atoms with Crippen molar-refractivity contribution in [1.82, 2.24) is 9.47 Å². The van der Waals surface area contributed by atoms with Gasteiger partial charge in [-0.1, -0.05) is 0 Å². The highest BCUT2D eigenvalue weighted by Gasteiger charge is 2.38. The number of carboxylic acid groups (broad SMARTS) is 1. The molecule has 1 saturated heterocycles. The summed E-state index contributed by atoms with van der Waals surface area (Å²) < 4.78 is 14.6. The quantitative estimate of drug-likeness (QED) is 0.740. The minimum Gasteiger partial charge on any atom is -0.474 e. The van der Waals surface area contributed by atoms with E-state index in [9.17, 15) is 23.6 Å². The second kappa shape index (κ2) is 7.16. The highest BCUT2D eigenvalue weighted by molar-refractivity contribution is 6.31. The van der Waals surface area contributed by atoms with Crippen LogP contribution in [0.5, 0.6) is 0 Å².